The van der Waals surface area contributed by atoms with E-state index in [1.54, 1.807) is 36.0 Å². The second-order valence-electron chi connectivity index (χ2n) is 6.17. The van der Waals surface area contributed by atoms with Crippen LogP contribution in [-0.4, -0.2) is 29.8 Å². The fourth-order valence-electron chi connectivity index (χ4n) is 2.85. The van der Waals surface area contributed by atoms with Gasteiger partial charge in [-0.15, -0.1) is 17.0 Å². The minimum Gasteiger partial charge on any atom is -0.313 e. The highest BCUT2D eigenvalue weighted by molar-refractivity contribution is 8.93. The molecule has 0 saturated carbocycles. The van der Waals surface area contributed by atoms with E-state index in [1.807, 2.05) is 0 Å². The number of hydrogen-bond acceptors (Lipinski definition) is 4. The van der Waals surface area contributed by atoms with Gasteiger partial charge in [-0.2, -0.15) is 0 Å². The number of aryl methyl sites for hydroxylation is 2. The molecule has 3 rings (SSSR count). The number of nitrogens with zero attached hydrogens (tertiary/aromatic N) is 2. The van der Waals surface area contributed by atoms with Crippen LogP contribution in [0.3, 0.4) is 0 Å². The zero-order valence-corrected chi connectivity index (χ0v) is 18.2. The Balaban J connectivity index is 0.00000243. The lowest BCUT2D eigenvalue weighted by molar-refractivity contribution is 0.100. The fraction of sp³-hybridized carbons (Fsp3) is 0.300. The normalized spacial score (nSPS) is 13.6. The van der Waals surface area contributed by atoms with E-state index in [2.05, 4.69) is 41.9 Å². The van der Waals surface area contributed by atoms with Crippen molar-refractivity contribution in [2.45, 2.75) is 20.3 Å². The number of anilines is 1. The van der Waals surface area contributed by atoms with Crippen molar-refractivity contribution < 1.29 is 4.79 Å². The van der Waals surface area contributed by atoms with Crippen LogP contribution in [0.1, 0.15) is 27.9 Å². The monoisotopic (exact) mass is 452 g/mol. The first-order valence-corrected chi connectivity index (χ1v) is 9.72. The van der Waals surface area contributed by atoms with Gasteiger partial charge in [0.15, 0.2) is 11.0 Å². The Morgan fingerprint density at radius 2 is 1.92 bits per heavy atom. The van der Waals surface area contributed by atoms with Crippen molar-refractivity contribution in [1.29, 1.82) is 0 Å². The third-order valence-corrected chi connectivity index (χ3v) is 5.48. The third-order valence-electron chi connectivity index (χ3n) is 4.12. The molecule has 6 heteroatoms. The first-order valence-electron chi connectivity index (χ1n) is 8.35. The predicted molar refractivity (Wildman–Crippen MR) is 119 cm³/mol. The molecule has 2 aromatic rings. The quantitative estimate of drug-likeness (QED) is 0.555. The molecule has 3 nitrogen and oxygen atoms in total. The van der Waals surface area contributed by atoms with E-state index in [4.69, 9.17) is 11.6 Å². The SMILES string of the molecule is Br.Cc1ccc(N(CC(=O)c2ccc(Cl)cc2)C2=NCCCS2)c(C)c1. The summed E-state index contributed by atoms with van der Waals surface area (Å²) in [5, 5.41) is 1.57. The summed E-state index contributed by atoms with van der Waals surface area (Å²) in [7, 11) is 0. The number of carbonyl (C=O) groups excluding carboxylic acids is 1. The molecular weight excluding hydrogens is 432 g/mol. The Morgan fingerprint density at radius 3 is 2.54 bits per heavy atom. The lowest BCUT2D eigenvalue weighted by atomic mass is 10.1. The number of amidine groups is 1. The molecule has 138 valence electrons. The van der Waals surface area contributed by atoms with Gasteiger partial charge in [0.2, 0.25) is 0 Å². The molecule has 26 heavy (non-hydrogen) atoms. The summed E-state index contributed by atoms with van der Waals surface area (Å²) in [5.74, 6) is 1.10. The smallest absolute Gasteiger partial charge is 0.182 e. The van der Waals surface area contributed by atoms with Crippen molar-refractivity contribution in [2.24, 2.45) is 4.99 Å². The van der Waals surface area contributed by atoms with Crippen molar-refractivity contribution in [1.82, 2.24) is 0 Å². The van der Waals surface area contributed by atoms with Gasteiger partial charge in [0.05, 0.1) is 6.54 Å². The van der Waals surface area contributed by atoms with E-state index in [0.717, 1.165) is 35.1 Å². The van der Waals surface area contributed by atoms with Crippen LogP contribution >= 0.6 is 40.3 Å². The van der Waals surface area contributed by atoms with Crippen LogP contribution in [0, 0.1) is 13.8 Å². The topological polar surface area (TPSA) is 32.7 Å². The van der Waals surface area contributed by atoms with Gasteiger partial charge in [-0.3, -0.25) is 9.79 Å². The minimum absolute atomic E-state index is 0. The molecule has 0 fully saturated rings. The summed E-state index contributed by atoms with van der Waals surface area (Å²) in [4.78, 5) is 19.5. The molecule has 1 heterocycles. The summed E-state index contributed by atoms with van der Waals surface area (Å²) >= 11 is 7.65. The lowest BCUT2D eigenvalue weighted by Gasteiger charge is -2.28. The van der Waals surface area contributed by atoms with Crippen LogP contribution in [0.25, 0.3) is 0 Å². The van der Waals surface area contributed by atoms with Crippen molar-refractivity contribution in [2.75, 3.05) is 23.7 Å². The van der Waals surface area contributed by atoms with E-state index in [-0.39, 0.29) is 29.3 Å². The molecule has 0 atom stereocenters. The van der Waals surface area contributed by atoms with E-state index in [9.17, 15) is 4.79 Å². The van der Waals surface area contributed by atoms with Crippen LogP contribution in [0.2, 0.25) is 5.02 Å². The fourth-order valence-corrected chi connectivity index (χ4v) is 3.93. The van der Waals surface area contributed by atoms with Crippen molar-refractivity contribution in [3.63, 3.8) is 0 Å². The number of halogens is 2. The van der Waals surface area contributed by atoms with Gasteiger partial charge in [0.1, 0.15) is 0 Å². The molecule has 1 aliphatic rings. The number of ketones is 1. The van der Waals surface area contributed by atoms with Gasteiger partial charge in [0.25, 0.3) is 0 Å². The number of thioether (sulfide) groups is 1. The second kappa shape index (κ2) is 9.58. The van der Waals surface area contributed by atoms with Crippen LogP contribution in [0.5, 0.6) is 0 Å². The minimum atomic E-state index is 0. The zero-order chi connectivity index (χ0) is 17.8. The number of aliphatic imine (C=N–C) groups is 1. The highest BCUT2D eigenvalue weighted by Gasteiger charge is 2.21. The molecule has 0 aliphatic carbocycles. The number of carbonyl (C=O) groups is 1. The largest absolute Gasteiger partial charge is 0.313 e. The Kier molecular flexibility index (Phi) is 7.74. The van der Waals surface area contributed by atoms with Crippen molar-refractivity contribution >= 4 is 57.0 Å². The van der Waals surface area contributed by atoms with Gasteiger partial charge in [0, 0.05) is 28.6 Å². The van der Waals surface area contributed by atoms with Crippen LogP contribution in [-0.2, 0) is 0 Å². The molecule has 0 radical (unpaired) electrons. The number of Topliss-reactive ketones (excluding diaryl/α,β-unsaturated/α-hetero) is 1. The molecule has 0 aromatic heterocycles. The van der Waals surface area contributed by atoms with Crippen molar-refractivity contribution in [3.05, 3.63) is 64.2 Å². The number of rotatable bonds is 4. The van der Waals surface area contributed by atoms with Gasteiger partial charge in [-0.1, -0.05) is 41.1 Å². The van der Waals surface area contributed by atoms with Crippen LogP contribution in [0.15, 0.2) is 47.5 Å². The van der Waals surface area contributed by atoms with Gasteiger partial charge >= 0.3 is 0 Å². The average Bonchev–Trinajstić information content (AvgIpc) is 2.61. The van der Waals surface area contributed by atoms with Gasteiger partial charge in [-0.05, 0) is 56.2 Å². The highest BCUT2D eigenvalue weighted by atomic mass is 79.9. The molecule has 0 N–H and O–H groups in total. The Hall–Kier alpha value is -1.30. The van der Waals surface area contributed by atoms with Crippen molar-refractivity contribution in [3.8, 4) is 0 Å². The van der Waals surface area contributed by atoms with E-state index < -0.39 is 0 Å². The van der Waals surface area contributed by atoms with Crippen LogP contribution in [0.4, 0.5) is 5.69 Å². The summed E-state index contributed by atoms with van der Waals surface area (Å²) in [6, 6.07) is 13.4. The van der Waals surface area contributed by atoms with Gasteiger partial charge in [-0.25, -0.2) is 0 Å². The highest BCUT2D eigenvalue weighted by Crippen LogP contribution is 2.27. The Labute approximate surface area is 174 Å². The average molecular weight is 454 g/mol. The zero-order valence-electron chi connectivity index (χ0n) is 14.9. The maximum Gasteiger partial charge on any atom is 0.182 e. The molecule has 0 unspecified atom stereocenters. The lowest BCUT2D eigenvalue weighted by Crippen LogP contribution is -2.36. The maximum absolute atomic E-state index is 12.8. The van der Waals surface area contributed by atoms with E-state index in [1.165, 1.54) is 5.56 Å². The Morgan fingerprint density at radius 1 is 1.19 bits per heavy atom. The van der Waals surface area contributed by atoms with Gasteiger partial charge < -0.3 is 4.90 Å². The Bertz CT molecular complexity index is 808. The number of benzene rings is 2. The maximum atomic E-state index is 12.8. The van der Waals surface area contributed by atoms with E-state index >= 15 is 0 Å². The number of hydrogen-bond donors (Lipinski definition) is 0. The van der Waals surface area contributed by atoms with E-state index in [0.29, 0.717) is 10.6 Å². The van der Waals surface area contributed by atoms with Crippen LogP contribution < -0.4 is 4.90 Å². The summed E-state index contributed by atoms with van der Waals surface area (Å²) < 4.78 is 0. The summed E-state index contributed by atoms with van der Waals surface area (Å²) in [6.45, 7) is 5.25. The molecule has 0 spiro atoms. The summed E-state index contributed by atoms with van der Waals surface area (Å²) in [6.07, 6.45) is 1.08. The first-order chi connectivity index (χ1) is 12.0. The third kappa shape index (κ3) is 5.12. The molecule has 0 amide bonds. The predicted octanol–water partition coefficient (Wildman–Crippen LogP) is 5.72. The molecule has 2 aromatic carbocycles. The molecular formula is C20H22BrClN2OS. The molecule has 1 aliphatic heterocycles. The first kappa shape index (κ1) is 21.0. The standard InChI is InChI=1S/C20H21ClN2OS.BrH/c1-14-4-9-18(15(2)12-14)23(20-22-10-3-11-25-20)13-19(24)16-5-7-17(21)8-6-16;/h4-9,12H,3,10-11,13H2,1-2H3;1H. The molecule has 0 saturated heterocycles. The summed E-state index contributed by atoms with van der Waals surface area (Å²) in [5.41, 5.74) is 4.07. The second-order valence-corrected chi connectivity index (χ2v) is 7.67. The molecule has 0 bridgehead atoms.